The summed E-state index contributed by atoms with van der Waals surface area (Å²) in [6.07, 6.45) is 0. The summed E-state index contributed by atoms with van der Waals surface area (Å²) in [6.45, 7) is -0.241. The van der Waals surface area contributed by atoms with Gasteiger partial charge in [0.2, 0.25) is 5.91 Å². The molecule has 100 valence electrons. The molecule has 20 heavy (non-hydrogen) atoms. The Bertz CT molecular complexity index is 749. The number of carbonyl (C=O) groups is 3. The van der Waals surface area contributed by atoms with Gasteiger partial charge in [-0.3, -0.25) is 19.8 Å². The molecule has 3 N–H and O–H groups in total. The topological polar surface area (TPSA) is 92.5 Å². The quantitative estimate of drug-likeness (QED) is 0.851. The number of imide groups is 1. The molecule has 1 aliphatic heterocycles. The van der Waals surface area contributed by atoms with Crippen molar-refractivity contribution in [2.24, 2.45) is 5.73 Å². The molecule has 1 aliphatic rings. The lowest BCUT2D eigenvalue weighted by Gasteiger charge is -2.16. The highest BCUT2D eigenvalue weighted by Gasteiger charge is 2.30. The molecular formula is C14H11N3O3. The Morgan fingerprint density at radius 1 is 1.15 bits per heavy atom. The Morgan fingerprint density at radius 2 is 1.85 bits per heavy atom. The second-order valence-electron chi connectivity index (χ2n) is 4.48. The largest absolute Gasteiger partial charge is 0.351 e. The highest BCUT2D eigenvalue weighted by molar-refractivity contribution is 6.26. The van der Waals surface area contributed by atoms with Crippen LogP contribution in [0.25, 0.3) is 10.8 Å². The van der Waals surface area contributed by atoms with E-state index in [1.54, 1.807) is 18.2 Å². The number of nitrogens with two attached hydrogens (primary N) is 1. The fourth-order valence-corrected chi connectivity index (χ4v) is 2.46. The van der Waals surface area contributed by atoms with E-state index in [4.69, 9.17) is 5.73 Å². The summed E-state index contributed by atoms with van der Waals surface area (Å²) in [5.74, 6) is -0.868. The molecule has 1 heterocycles. The first kappa shape index (κ1) is 12.2. The lowest BCUT2D eigenvalue weighted by atomic mass is 10.1. The van der Waals surface area contributed by atoms with Crippen LogP contribution in [0, 0.1) is 0 Å². The predicted molar refractivity (Wildman–Crippen MR) is 73.4 cm³/mol. The van der Waals surface area contributed by atoms with Crippen molar-refractivity contribution in [3.05, 3.63) is 42.0 Å². The molecule has 0 aliphatic carbocycles. The van der Waals surface area contributed by atoms with Crippen molar-refractivity contribution in [3.63, 3.8) is 0 Å². The van der Waals surface area contributed by atoms with Crippen molar-refractivity contribution in [1.29, 1.82) is 0 Å². The SMILES string of the molecule is NC(=O)NC(=O)CN1C(=O)c2cccc3cccc1c23. The Labute approximate surface area is 114 Å². The average Bonchev–Trinajstić information content (AvgIpc) is 2.66. The first-order valence-corrected chi connectivity index (χ1v) is 6.01. The lowest BCUT2D eigenvalue weighted by molar-refractivity contribution is -0.118. The second kappa shape index (κ2) is 4.34. The number of urea groups is 1. The van der Waals surface area contributed by atoms with E-state index >= 15 is 0 Å². The van der Waals surface area contributed by atoms with Crippen molar-refractivity contribution in [1.82, 2.24) is 5.32 Å². The van der Waals surface area contributed by atoms with Crippen LogP contribution in [0.5, 0.6) is 0 Å². The first-order chi connectivity index (χ1) is 9.58. The summed E-state index contributed by atoms with van der Waals surface area (Å²) in [4.78, 5) is 36.0. The van der Waals surface area contributed by atoms with Crippen molar-refractivity contribution < 1.29 is 14.4 Å². The van der Waals surface area contributed by atoms with Crippen LogP contribution in [-0.4, -0.2) is 24.4 Å². The maximum atomic E-state index is 12.3. The van der Waals surface area contributed by atoms with Gasteiger partial charge in [-0.15, -0.1) is 0 Å². The summed E-state index contributed by atoms with van der Waals surface area (Å²) in [7, 11) is 0. The van der Waals surface area contributed by atoms with Crippen molar-refractivity contribution >= 4 is 34.3 Å². The van der Waals surface area contributed by atoms with Crippen LogP contribution in [0.3, 0.4) is 0 Å². The van der Waals surface area contributed by atoms with E-state index in [0.717, 1.165) is 10.8 Å². The number of anilines is 1. The third kappa shape index (κ3) is 1.78. The second-order valence-corrected chi connectivity index (χ2v) is 4.48. The van der Waals surface area contributed by atoms with E-state index in [0.29, 0.717) is 11.3 Å². The number of benzene rings is 2. The molecule has 4 amide bonds. The number of amides is 4. The van der Waals surface area contributed by atoms with E-state index in [1.165, 1.54) is 4.90 Å². The maximum Gasteiger partial charge on any atom is 0.318 e. The molecule has 2 aromatic rings. The van der Waals surface area contributed by atoms with Crippen LogP contribution >= 0.6 is 0 Å². The van der Waals surface area contributed by atoms with Crippen LogP contribution in [-0.2, 0) is 4.79 Å². The minimum Gasteiger partial charge on any atom is -0.351 e. The fraction of sp³-hybridized carbons (Fsp3) is 0.0714. The van der Waals surface area contributed by atoms with Crippen LogP contribution in [0.2, 0.25) is 0 Å². The molecular weight excluding hydrogens is 258 g/mol. The number of primary amides is 1. The Hall–Kier alpha value is -2.89. The molecule has 2 aromatic carbocycles. The maximum absolute atomic E-state index is 12.3. The van der Waals surface area contributed by atoms with Crippen molar-refractivity contribution in [3.8, 4) is 0 Å². The third-order valence-electron chi connectivity index (χ3n) is 3.21. The van der Waals surface area contributed by atoms with Crippen LogP contribution in [0.15, 0.2) is 36.4 Å². The number of nitrogens with zero attached hydrogens (tertiary/aromatic N) is 1. The van der Waals surface area contributed by atoms with Gasteiger partial charge < -0.3 is 5.73 Å². The smallest absolute Gasteiger partial charge is 0.318 e. The Kier molecular flexibility index (Phi) is 2.64. The number of rotatable bonds is 2. The van der Waals surface area contributed by atoms with Crippen LogP contribution < -0.4 is 16.0 Å². The molecule has 0 aromatic heterocycles. The lowest BCUT2D eigenvalue weighted by Crippen LogP contribution is -2.43. The number of nitrogens with one attached hydrogen (secondary N) is 1. The van der Waals surface area contributed by atoms with E-state index in [9.17, 15) is 14.4 Å². The monoisotopic (exact) mass is 269 g/mol. The normalized spacial score (nSPS) is 12.8. The minimum atomic E-state index is -0.933. The molecule has 0 saturated carbocycles. The van der Waals surface area contributed by atoms with E-state index in [-0.39, 0.29) is 12.5 Å². The predicted octanol–water partition coefficient (Wildman–Crippen LogP) is 0.995. The molecule has 0 radical (unpaired) electrons. The van der Waals surface area contributed by atoms with Gasteiger partial charge in [-0.05, 0) is 17.5 Å². The van der Waals surface area contributed by atoms with E-state index in [2.05, 4.69) is 0 Å². The van der Waals surface area contributed by atoms with Gasteiger partial charge in [0.15, 0.2) is 0 Å². The van der Waals surface area contributed by atoms with Gasteiger partial charge >= 0.3 is 6.03 Å². The summed E-state index contributed by atoms with van der Waals surface area (Å²) >= 11 is 0. The zero-order valence-corrected chi connectivity index (χ0v) is 10.4. The third-order valence-corrected chi connectivity index (χ3v) is 3.21. The van der Waals surface area contributed by atoms with Gasteiger partial charge in [0.25, 0.3) is 5.91 Å². The summed E-state index contributed by atoms with van der Waals surface area (Å²) in [6, 6.07) is 9.99. The van der Waals surface area contributed by atoms with Gasteiger partial charge in [-0.25, -0.2) is 4.79 Å². The van der Waals surface area contributed by atoms with E-state index in [1.807, 2.05) is 23.5 Å². The number of hydrogen-bond acceptors (Lipinski definition) is 3. The van der Waals surface area contributed by atoms with Gasteiger partial charge in [0.1, 0.15) is 6.54 Å². The van der Waals surface area contributed by atoms with Crippen molar-refractivity contribution in [2.45, 2.75) is 0 Å². The van der Waals surface area contributed by atoms with Crippen LogP contribution in [0.4, 0.5) is 10.5 Å². The number of hydrogen-bond donors (Lipinski definition) is 2. The zero-order chi connectivity index (χ0) is 14.3. The molecule has 0 bridgehead atoms. The van der Waals surface area contributed by atoms with E-state index < -0.39 is 11.9 Å². The molecule has 0 saturated heterocycles. The molecule has 6 heteroatoms. The molecule has 6 nitrogen and oxygen atoms in total. The standard InChI is InChI=1S/C14H11N3O3/c15-14(20)16-11(18)7-17-10-6-2-4-8-3-1-5-9(12(8)10)13(17)19/h1-6H,7H2,(H3,15,16,18,20). The van der Waals surface area contributed by atoms with Gasteiger partial charge in [-0.2, -0.15) is 0 Å². The Balaban J connectivity index is 2.01. The highest BCUT2D eigenvalue weighted by Crippen LogP contribution is 2.36. The fourth-order valence-electron chi connectivity index (χ4n) is 2.46. The minimum absolute atomic E-state index is 0.241. The van der Waals surface area contributed by atoms with Gasteiger partial charge in [0.05, 0.1) is 5.69 Å². The average molecular weight is 269 g/mol. The van der Waals surface area contributed by atoms with Gasteiger partial charge in [-0.1, -0.05) is 24.3 Å². The van der Waals surface area contributed by atoms with Crippen molar-refractivity contribution in [2.75, 3.05) is 11.4 Å². The summed E-state index contributed by atoms with van der Waals surface area (Å²) < 4.78 is 0. The zero-order valence-electron chi connectivity index (χ0n) is 10.4. The molecule has 3 rings (SSSR count). The summed E-state index contributed by atoms with van der Waals surface area (Å²) in [5.41, 5.74) is 6.12. The molecule has 0 spiro atoms. The highest BCUT2D eigenvalue weighted by atomic mass is 16.2. The number of carbonyl (C=O) groups excluding carboxylic acids is 3. The van der Waals surface area contributed by atoms with Crippen LogP contribution in [0.1, 0.15) is 10.4 Å². The summed E-state index contributed by atoms with van der Waals surface area (Å²) in [5, 5.41) is 3.72. The molecule has 0 unspecified atom stereocenters. The van der Waals surface area contributed by atoms with Gasteiger partial charge in [0, 0.05) is 10.9 Å². The molecule has 0 atom stereocenters. The molecule has 0 fully saturated rings. The Morgan fingerprint density at radius 3 is 2.55 bits per heavy atom. The first-order valence-electron chi connectivity index (χ1n) is 6.01.